The molecule has 0 heterocycles. The smallest absolute Gasteiger partial charge is 0.188 e. The third-order valence-corrected chi connectivity index (χ3v) is 2.61. The van der Waals surface area contributed by atoms with Crippen molar-refractivity contribution in [1.82, 2.24) is 10.2 Å². The Morgan fingerprint density at radius 3 is 2.44 bits per heavy atom. The largest absolute Gasteiger partial charge is 0.370 e. The lowest BCUT2D eigenvalue weighted by atomic mass is 10.3. The second-order valence-corrected chi connectivity index (χ2v) is 3.93. The minimum Gasteiger partial charge on any atom is -0.370 e. The van der Waals surface area contributed by atoms with Crippen molar-refractivity contribution in [2.75, 3.05) is 32.7 Å². The van der Waals surface area contributed by atoms with E-state index in [4.69, 9.17) is 5.73 Å². The highest BCUT2D eigenvalue weighted by Crippen LogP contribution is 1.93. The second-order valence-electron chi connectivity index (χ2n) is 3.93. The Bertz CT molecular complexity index is 176. The van der Waals surface area contributed by atoms with Gasteiger partial charge in [-0.05, 0) is 38.9 Å². The summed E-state index contributed by atoms with van der Waals surface area (Å²) in [7, 11) is 0. The van der Waals surface area contributed by atoms with Crippen molar-refractivity contribution >= 4 is 5.96 Å². The molecule has 0 aromatic rings. The molecular weight excluding hydrogens is 200 g/mol. The maximum absolute atomic E-state index is 5.68. The first-order chi connectivity index (χ1) is 7.74. The van der Waals surface area contributed by atoms with Crippen LogP contribution in [0.4, 0.5) is 0 Å². The fraction of sp³-hybridized carbons (Fsp3) is 0.917. The minimum atomic E-state index is 0.588. The highest BCUT2D eigenvalue weighted by Gasteiger charge is 1.97. The molecule has 0 aliphatic carbocycles. The standard InChI is InChI=1S/C12H28N4/c1-4-9-14-12(13)15-10-7-8-11-16(5-2)6-3/h4-11H2,1-3H3,(H3,13,14,15). The van der Waals surface area contributed by atoms with Gasteiger partial charge in [0.2, 0.25) is 0 Å². The summed E-state index contributed by atoms with van der Waals surface area (Å²) in [5.74, 6) is 0.588. The van der Waals surface area contributed by atoms with Crippen LogP contribution < -0.4 is 11.1 Å². The highest BCUT2D eigenvalue weighted by atomic mass is 15.1. The molecule has 0 aromatic heterocycles. The lowest BCUT2D eigenvalue weighted by Gasteiger charge is -2.17. The number of nitrogens with one attached hydrogen (secondary N) is 1. The third-order valence-electron chi connectivity index (χ3n) is 2.61. The minimum absolute atomic E-state index is 0.588. The quantitative estimate of drug-likeness (QED) is 0.356. The summed E-state index contributed by atoms with van der Waals surface area (Å²) in [5.41, 5.74) is 5.68. The molecule has 0 aliphatic heterocycles. The zero-order valence-corrected chi connectivity index (χ0v) is 11.1. The van der Waals surface area contributed by atoms with Crippen LogP contribution in [0.1, 0.15) is 40.0 Å². The molecule has 0 aliphatic rings. The van der Waals surface area contributed by atoms with Crippen LogP contribution >= 0.6 is 0 Å². The van der Waals surface area contributed by atoms with E-state index in [9.17, 15) is 0 Å². The van der Waals surface area contributed by atoms with Gasteiger partial charge in [-0.15, -0.1) is 0 Å². The van der Waals surface area contributed by atoms with Crippen LogP contribution in [0.3, 0.4) is 0 Å². The van der Waals surface area contributed by atoms with Crippen LogP contribution in [0.5, 0.6) is 0 Å². The zero-order valence-electron chi connectivity index (χ0n) is 11.1. The van der Waals surface area contributed by atoms with Crippen molar-refractivity contribution in [3.63, 3.8) is 0 Å². The van der Waals surface area contributed by atoms with Gasteiger partial charge >= 0.3 is 0 Å². The Labute approximate surface area is 100 Å². The Morgan fingerprint density at radius 2 is 1.88 bits per heavy atom. The first-order valence-electron chi connectivity index (χ1n) is 6.50. The summed E-state index contributed by atoms with van der Waals surface area (Å²) in [6.07, 6.45) is 3.42. The maximum atomic E-state index is 5.68. The number of nitrogens with two attached hydrogens (primary N) is 1. The van der Waals surface area contributed by atoms with Gasteiger partial charge < -0.3 is 16.0 Å². The molecule has 4 heteroatoms. The molecular formula is C12H28N4. The average molecular weight is 228 g/mol. The molecule has 16 heavy (non-hydrogen) atoms. The van der Waals surface area contributed by atoms with Crippen molar-refractivity contribution < 1.29 is 0 Å². The van der Waals surface area contributed by atoms with Gasteiger partial charge in [-0.3, -0.25) is 4.99 Å². The number of nitrogens with zero attached hydrogens (tertiary/aromatic N) is 2. The van der Waals surface area contributed by atoms with E-state index in [0.29, 0.717) is 5.96 Å². The molecule has 0 fully saturated rings. The van der Waals surface area contributed by atoms with Crippen molar-refractivity contribution in [2.24, 2.45) is 10.7 Å². The molecule has 96 valence electrons. The van der Waals surface area contributed by atoms with Crippen molar-refractivity contribution in [3.8, 4) is 0 Å². The fourth-order valence-corrected chi connectivity index (χ4v) is 1.50. The van der Waals surface area contributed by atoms with E-state index in [-0.39, 0.29) is 0 Å². The topological polar surface area (TPSA) is 53.6 Å². The zero-order chi connectivity index (χ0) is 12.2. The molecule has 0 saturated heterocycles. The van der Waals surface area contributed by atoms with Crippen molar-refractivity contribution in [2.45, 2.75) is 40.0 Å². The lowest BCUT2D eigenvalue weighted by molar-refractivity contribution is 0.297. The summed E-state index contributed by atoms with van der Waals surface area (Å²) < 4.78 is 0. The van der Waals surface area contributed by atoms with Crippen LogP contribution in [0, 0.1) is 0 Å². The van der Waals surface area contributed by atoms with Crippen molar-refractivity contribution in [3.05, 3.63) is 0 Å². The summed E-state index contributed by atoms with van der Waals surface area (Å²) in [5, 5.41) is 3.14. The molecule has 3 N–H and O–H groups in total. The second kappa shape index (κ2) is 10.7. The van der Waals surface area contributed by atoms with Crippen LogP contribution in [0.15, 0.2) is 4.99 Å². The van der Waals surface area contributed by atoms with Gasteiger partial charge in [0.15, 0.2) is 5.96 Å². The molecule has 0 bridgehead atoms. The van der Waals surface area contributed by atoms with E-state index in [1.807, 2.05) is 0 Å². The van der Waals surface area contributed by atoms with Gasteiger partial charge in [0.05, 0.1) is 0 Å². The lowest BCUT2D eigenvalue weighted by Crippen LogP contribution is -2.33. The molecule has 0 spiro atoms. The molecule has 0 rings (SSSR count). The van der Waals surface area contributed by atoms with E-state index >= 15 is 0 Å². The van der Waals surface area contributed by atoms with Crippen LogP contribution in [-0.2, 0) is 0 Å². The van der Waals surface area contributed by atoms with Crippen molar-refractivity contribution in [1.29, 1.82) is 0 Å². The third kappa shape index (κ3) is 8.53. The first-order valence-corrected chi connectivity index (χ1v) is 6.50. The number of guanidine groups is 1. The van der Waals surface area contributed by atoms with Crippen LogP contribution in [0.2, 0.25) is 0 Å². The Morgan fingerprint density at radius 1 is 1.19 bits per heavy atom. The predicted molar refractivity (Wildman–Crippen MR) is 71.8 cm³/mol. The molecule has 0 atom stereocenters. The van der Waals surface area contributed by atoms with Gasteiger partial charge in [0.1, 0.15) is 0 Å². The van der Waals surface area contributed by atoms with Gasteiger partial charge in [-0.25, -0.2) is 0 Å². The van der Waals surface area contributed by atoms with E-state index in [1.54, 1.807) is 0 Å². The Kier molecular flexibility index (Phi) is 10.2. The summed E-state index contributed by atoms with van der Waals surface area (Å²) in [4.78, 5) is 6.62. The SMILES string of the molecule is CCCN=C(N)NCCCCN(CC)CC. The molecule has 0 amide bonds. The highest BCUT2D eigenvalue weighted by molar-refractivity contribution is 5.77. The number of hydrogen-bond donors (Lipinski definition) is 2. The first kappa shape index (κ1) is 15.2. The number of rotatable bonds is 9. The Hall–Kier alpha value is -0.770. The number of unbranched alkanes of at least 4 members (excludes halogenated alkanes) is 1. The predicted octanol–water partition coefficient (Wildman–Crippen LogP) is 1.42. The van der Waals surface area contributed by atoms with Crippen LogP contribution in [-0.4, -0.2) is 43.6 Å². The van der Waals surface area contributed by atoms with E-state index in [0.717, 1.165) is 39.0 Å². The van der Waals surface area contributed by atoms with E-state index < -0.39 is 0 Å². The molecule has 0 saturated carbocycles. The molecule has 4 nitrogen and oxygen atoms in total. The van der Waals surface area contributed by atoms with Crippen LogP contribution in [0.25, 0.3) is 0 Å². The molecule has 0 radical (unpaired) electrons. The summed E-state index contributed by atoms with van der Waals surface area (Å²) in [6.45, 7) is 11.7. The molecule has 0 aromatic carbocycles. The van der Waals surface area contributed by atoms with Gasteiger partial charge in [0, 0.05) is 13.1 Å². The summed E-state index contributed by atoms with van der Waals surface area (Å²) >= 11 is 0. The average Bonchev–Trinajstić information content (AvgIpc) is 2.31. The number of aliphatic imine (C=N–C) groups is 1. The summed E-state index contributed by atoms with van der Waals surface area (Å²) in [6, 6.07) is 0. The maximum Gasteiger partial charge on any atom is 0.188 e. The number of hydrogen-bond acceptors (Lipinski definition) is 2. The van der Waals surface area contributed by atoms with E-state index in [2.05, 4.69) is 36.0 Å². The van der Waals surface area contributed by atoms with Gasteiger partial charge in [0.25, 0.3) is 0 Å². The molecule has 0 unspecified atom stereocenters. The van der Waals surface area contributed by atoms with Gasteiger partial charge in [-0.1, -0.05) is 20.8 Å². The Balaban J connectivity index is 3.39. The van der Waals surface area contributed by atoms with E-state index in [1.165, 1.54) is 13.0 Å². The van der Waals surface area contributed by atoms with Gasteiger partial charge in [-0.2, -0.15) is 0 Å². The fourth-order valence-electron chi connectivity index (χ4n) is 1.50. The normalized spacial score (nSPS) is 12.1. The monoisotopic (exact) mass is 228 g/mol.